The Morgan fingerprint density at radius 3 is 3.04 bits per heavy atom. The van der Waals surface area contributed by atoms with Gasteiger partial charge in [-0.15, -0.1) is 0 Å². The summed E-state index contributed by atoms with van der Waals surface area (Å²) in [5.41, 5.74) is 1.29. The molecule has 0 saturated carbocycles. The van der Waals surface area contributed by atoms with Crippen molar-refractivity contribution >= 4 is 22.6 Å². The molecule has 4 rings (SSSR count). The maximum atomic E-state index is 12.5. The quantitative estimate of drug-likeness (QED) is 0.677. The summed E-state index contributed by atoms with van der Waals surface area (Å²) in [6.07, 6.45) is 4.87. The van der Waals surface area contributed by atoms with Crippen LogP contribution < -0.4 is 15.8 Å². The van der Waals surface area contributed by atoms with Gasteiger partial charge >= 0.3 is 0 Å². The van der Waals surface area contributed by atoms with Gasteiger partial charge in [-0.25, -0.2) is 4.98 Å². The van der Waals surface area contributed by atoms with Crippen LogP contribution in [0.4, 0.5) is 5.82 Å². The van der Waals surface area contributed by atoms with E-state index in [4.69, 9.17) is 0 Å². The van der Waals surface area contributed by atoms with Crippen LogP contribution in [0.2, 0.25) is 0 Å². The molecule has 1 atom stereocenters. The van der Waals surface area contributed by atoms with E-state index < -0.39 is 0 Å². The zero-order valence-electron chi connectivity index (χ0n) is 13.7. The topological polar surface area (TPSA) is 93.9 Å². The van der Waals surface area contributed by atoms with Crippen molar-refractivity contribution in [3.05, 3.63) is 58.8 Å². The molecule has 7 heteroatoms. The first-order valence-corrected chi connectivity index (χ1v) is 8.38. The molecule has 128 valence electrons. The fourth-order valence-corrected chi connectivity index (χ4v) is 3.32. The number of aromatic amines is 2. The molecular weight excluding hydrogens is 318 g/mol. The monoisotopic (exact) mass is 337 g/mol. The van der Waals surface area contributed by atoms with Crippen LogP contribution in [0.25, 0.3) is 10.9 Å². The molecule has 1 saturated heterocycles. The van der Waals surface area contributed by atoms with Gasteiger partial charge in [-0.3, -0.25) is 9.59 Å². The number of nitrogens with one attached hydrogen (secondary N) is 3. The maximum absolute atomic E-state index is 12.5. The van der Waals surface area contributed by atoms with Gasteiger partial charge < -0.3 is 20.2 Å². The molecule has 3 heterocycles. The average molecular weight is 337 g/mol. The number of hydrogen-bond acceptors (Lipinski definition) is 4. The van der Waals surface area contributed by atoms with Crippen molar-refractivity contribution in [3.63, 3.8) is 0 Å². The fourth-order valence-electron chi connectivity index (χ4n) is 3.32. The molecule has 0 spiro atoms. The molecule has 2 aromatic heterocycles. The molecule has 1 aromatic carbocycles. The third-order valence-electron chi connectivity index (χ3n) is 4.52. The van der Waals surface area contributed by atoms with Gasteiger partial charge in [-0.2, -0.15) is 0 Å². The minimum absolute atomic E-state index is 0.0194. The largest absolute Gasteiger partial charge is 0.351 e. The minimum atomic E-state index is -0.204. The van der Waals surface area contributed by atoms with Gasteiger partial charge in [-0.1, -0.05) is 18.2 Å². The highest BCUT2D eigenvalue weighted by Gasteiger charge is 2.24. The highest BCUT2D eigenvalue weighted by Crippen LogP contribution is 2.17. The molecule has 3 aromatic rings. The first-order valence-electron chi connectivity index (χ1n) is 8.38. The Bertz CT molecular complexity index is 928. The summed E-state index contributed by atoms with van der Waals surface area (Å²) in [6.45, 7) is 1.34. The molecule has 1 aliphatic heterocycles. The van der Waals surface area contributed by atoms with Gasteiger partial charge in [0.15, 0.2) is 5.82 Å². The summed E-state index contributed by atoms with van der Waals surface area (Å²) in [6, 6.07) is 9.63. The standard InChI is InChI=1S/C18H19N5O2/c24-17(15-10-12-4-1-2-6-14(12)22-15)21-13-5-3-9-23(11-13)16-18(25)20-8-7-19-16/h1-2,4,6-8,10,13,22H,3,5,9,11H2,(H,20,25)(H,21,24)/t13-/m0/s1. The molecule has 1 fully saturated rings. The van der Waals surface area contributed by atoms with Crippen molar-refractivity contribution < 1.29 is 4.79 Å². The van der Waals surface area contributed by atoms with Crippen LogP contribution in [-0.4, -0.2) is 40.0 Å². The summed E-state index contributed by atoms with van der Waals surface area (Å²) < 4.78 is 0. The molecule has 1 aliphatic rings. The SMILES string of the molecule is O=C(N[C@H]1CCCN(c2ncc[nH]c2=O)C1)c1cc2ccccc2[nH]1. The molecule has 7 nitrogen and oxygen atoms in total. The van der Waals surface area contributed by atoms with Crippen molar-refractivity contribution in [2.24, 2.45) is 0 Å². The highest BCUT2D eigenvalue weighted by molar-refractivity contribution is 5.98. The number of carbonyl (C=O) groups excluding carboxylic acids is 1. The molecule has 0 radical (unpaired) electrons. The number of nitrogens with zero attached hydrogens (tertiary/aromatic N) is 2. The van der Waals surface area contributed by atoms with Crippen LogP contribution in [0, 0.1) is 0 Å². The van der Waals surface area contributed by atoms with E-state index in [9.17, 15) is 9.59 Å². The van der Waals surface area contributed by atoms with E-state index in [1.54, 1.807) is 6.20 Å². The number of carbonyl (C=O) groups is 1. The van der Waals surface area contributed by atoms with Crippen molar-refractivity contribution in [2.75, 3.05) is 18.0 Å². The van der Waals surface area contributed by atoms with Crippen LogP contribution in [0.1, 0.15) is 23.3 Å². The molecule has 0 bridgehead atoms. The molecule has 1 amide bonds. The first-order chi connectivity index (χ1) is 12.2. The van der Waals surface area contributed by atoms with Gasteiger partial charge in [0, 0.05) is 42.4 Å². The van der Waals surface area contributed by atoms with Crippen molar-refractivity contribution in [1.82, 2.24) is 20.3 Å². The molecule has 0 aliphatic carbocycles. The van der Waals surface area contributed by atoms with Gasteiger partial charge in [0.2, 0.25) is 0 Å². The predicted octanol–water partition coefficient (Wildman–Crippen LogP) is 1.65. The zero-order valence-corrected chi connectivity index (χ0v) is 13.7. The molecule has 0 unspecified atom stereocenters. The number of amides is 1. The van der Waals surface area contributed by atoms with Crippen LogP contribution in [0.3, 0.4) is 0 Å². The van der Waals surface area contributed by atoms with Gasteiger partial charge in [0.1, 0.15) is 5.69 Å². The van der Waals surface area contributed by atoms with E-state index in [2.05, 4.69) is 20.3 Å². The number of benzene rings is 1. The second-order valence-electron chi connectivity index (χ2n) is 6.27. The smallest absolute Gasteiger partial charge is 0.290 e. The van der Waals surface area contributed by atoms with E-state index in [-0.39, 0.29) is 17.5 Å². The molecular formula is C18H19N5O2. The van der Waals surface area contributed by atoms with Gasteiger partial charge in [0.25, 0.3) is 11.5 Å². The van der Waals surface area contributed by atoms with Crippen molar-refractivity contribution in [1.29, 1.82) is 0 Å². The molecule has 3 N–H and O–H groups in total. The first kappa shape index (κ1) is 15.4. The lowest BCUT2D eigenvalue weighted by atomic mass is 10.1. The second kappa shape index (κ2) is 6.43. The maximum Gasteiger partial charge on any atom is 0.290 e. The third-order valence-corrected chi connectivity index (χ3v) is 4.52. The van der Waals surface area contributed by atoms with Gasteiger partial charge in [-0.05, 0) is 25.0 Å². The van der Waals surface area contributed by atoms with Crippen molar-refractivity contribution in [3.8, 4) is 0 Å². The number of fused-ring (bicyclic) bond motifs is 1. The van der Waals surface area contributed by atoms with E-state index in [1.807, 2.05) is 35.2 Å². The number of rotatable bonds is 3. The number of H-pyrrole nitrogens is 2. The van der Waals surface area contributed by atoms with E-state index in [0.717, 1.165) is 30.3 Å². The lowest BCUT2D eigenvalue weighted by Gasteiger charge is -2.33. The van der Waals surface area contributed by atoms with E-state index in [0.29, 0.717) is 18.1 Å². The molecule has 25 heavy (non-hydrogen) atoms. The van der Waals surface area contributed by atoms with Crippen LogP contribution in [0.5, 0.6) is 0 Å². The Kier molecular flexibility index (Phi) is 3.97. The number of anilines is 1. The fraction of sp³-hybridized carbons (Fsp3) is 0.278. The lowest BCUT2D eigenvalue weighted by molar-refractivity contribution is 0.0929. The number of para-hydroxylation sites is 1. The van der Waals surface area contributed by atoms with E-state index >= 15 is 0 Å². The summed E-state index contributed by atoms with van der Waals surface area (Å²) in [4.78, 5) is 36.3. The Labute approximate surface area is 144 Å². The summed E-state index contributed by atoms with van der Waals surface area (Å²) in [5, 5.41) is 4.08. The summed E-state index contributed by atoms with van der Waals surface area (Å²) in [5.74, 6) is 0.282. The Hall–Kier alpha value is -3.09. The second-order valence-corrected chi connectivity index (χ2v) is 6.27. The number of piperidine rings is 1. The highest BCUT2D eigenvalue weighted by atomic mass is 16.2. The van der Waals surface area contributed by atoms with Crippen molar-refractivity contribution in [2.45, 2.75) is 18.9 Å². The predicted molar refractivity (Wildman–Crippen MR) is 95.9 cm³/mol. The number of hydrogen-bond donors (Lipinski definition) is 3. The Balaban J connectivity index is 1.47. The Morgan fingerprint density at radius 1 is 1.32 bits per heavy atom. The average Bonchev–Trinajstić information content (AvgIpc) is 3.07. The summed E-state index contributed by atoms with van der Waals surface area (Å²) >= 11 is 0. The zero-order chi connectivity index (χ0) is 17.2. The Morgan fingerprint density at radius 2 is 2.20 bits per heavy atom. The normalized spacial score (nSPS) is 17.6. The lowest BCUT2D eigenvalue weighted by Crippen LogP contribution is -2.49. The van der Waals surface area contributed by atoms with Gasteiger partial charge in [0.05, 0.1) is 0 Å². The van der Waals surface area contributed by atoms with Crippen LogP contribution in [0.15, 0.2) is 47.5 Å². The van der Waals surface area contributed by atoms with Crippen LogP contribution >= 0.6 is 0 Å². The van der Waals surface area contributed by atoms with Crippen LogP contribution in [-0.2, 0) is 0 Å². The number of aromatic nitrogens is 3. The van der Waals surface area contributed by atoms with E-state index in [1.165, 1.54) is 6.20 Å². The summed E-state index contributed by atoms with van der Waals surface area (Å²) in [7, 11) is 0. The minimum Gasteiger partial charge on any atom is -0.351 e. The third kappa shape index (κ3) is 3.13.